The van der Waals surface area contributed by atoms with Crippen LogP contribution >= 0.6 is 0 Å². The molecule has 0 aromatic heterocycles. The molecule has 3 fully saturated rings. The van der Waals surface area contributed by atoms with Crippen LogP contribution in [0.2, 0.25) is 0 Å². The number of aliphatic hydroxyl groups is 2. The highest BCUT2D eigenvalue weighted by Gasteiger charge is 2.58. The first-order valence-electron chi connectivity index (χ1n) is 10.7. The molecule has 156 valence electrons. The van der Waals surface area contributed by atoms with Crippen molar-refractivity contribution in [2.75, 3.05) is 14.2 Å². The lowest BCUT2D eigenvalue weighted by atomic mass is 9.53. The number of rotatable bonds is 5. The summed E-state index contributed by atoms with van der Waals surface area (Å²) in [7, 11) is 3.12. The third kappa shape index (κ3) is 4.30. The third-order valence-corrected chi connectivity index (χ3v) is 7.07. The van der Waals surface area contributed by atoms with E-state index in [-0.39, 0.29) is 29.3 Å². The van der Waals surface area contributed by atoms with Crippen LogP contribution in [0.4, 0.5) is 0 Å². The molecule has 1 unspecified atom stereocenters. The smallest absolute Gasteiger partial charge is 0.305 e. The van der Waals surface area contributed by atoms with Crippen molar-refractivity contribution in [2.24, 2.45) is 17.8 Å². The number of hydrogen-bond donors (Lipinski definition) is 2. The largest absolute Gasteiger partial charge is 0.469 e. The molecular formula is C23H34O5. The Morgan fingerprint density at radius 2 is 2.04 bits per heavy atom. The number of hydrogen-bond acceptors (Lipinski definition) is 5. The summed E-state index contributed by atoms with van der Waals surface area (Å²) in [5, 5.41) is 21.1. The first kappa shape index (κ1) is 21.4. The number of fused-ring (bicyclic) bond motifs is 1. The number of carbonyl (C=O) groups excluding carboxylic acids is 1. The second-order valence-corrected chi connectivity index (χ2v) is 8.51. The number of carbonyl (C=O) groups is 1. The molecule has 0 radical (unpaired) electrons. The van der Waals surface area contributed by atoms with Crippen LogP contribution in [0.25, 0.3) is 0 Å². The van der Waals surface area contributed by atoms with Gasteiger partial charge < -0.3 is 19.7 Å². The van der Waals surface area contributed by atoms with Crippen LogP contribution in [-0.4, -0.2) is 48.2 Å². The number of esters is 1. The van der Waals surface area contributed by atoms with Gasteiger partial charge in [0.15, 0.2) is 0 Å². The second-order valence-electron chi connectivity index (χ2n) is 8.51. The minimum Gasteiger partial charge on any atom is -0.469 e. The van der Waals surface area contributed by atoms with Gasteiger partial charge in [-0.1, -0.05) is 37.2 Å². The highest BCUT2D eigenvalue weighted by Crippen LogP contribution is 2.56. The van der Waals surface area contributed by atoms with E-state index in [9.17, 15) is 15.0 Å². The van der Waals surface area contributed by atoms with Gasteiger partial charge in [0.2, 0.25) is 0 Å². The fraction of sp³-hybridized carbons (Fsp3) is 0.783. The molecule has 5 heteroatoms. The molecule has 0 saturated heterocycles. The molecule has 0 aliphatic heterocycles. The molecule has 0 aromatic rings. The molecule has 0 spiro atoms. The Balaban J connectivity index is 1.68. The van der Waals surface area contributed by atoms with Crippen molar-refractivity contribution in [3.8, 4) is 11.8 Å². The van der Waals surface area contributed by atoms with Crippen LogP contribution in [0, 0.1) is 29.6 Å². The van der Waals surface area contributed by atoms with E-state index in [4.69, 9.17) is 9.47 Å². The molecule has 0 heterocycles. The predicted molar refractivity (Wildman–Crippen MR) is 106 cm³/mol. The average Bonchev–Trinajstić information content (AvgIpc) is 2.71. The van der Waals surface area contributed by atoms with Crippen LogP contribution < -0.4 is 0 Å². The molecule has 5 nitrogen and oxygen atoms in total. The Kier molecular flexibility index (Phi) is 7.20. The summed E-state index contributed by atoms with van der Waals surface area (Å²) < 4.78 is 10.7. The zero-order valence-electron chi connectivity index (χ0n) is 17.2. The number of allylic oxidation sites excluding steroid dienone is 1. The van der Waals surface area contributed by atoms with Crippen LogP contribution in [-0.2, 0) is 14.3 Å². The van der Waals surface area contributed by atoms with E-state index in [1.165, 1.54) is 31.9 Å². The van der Waals surface area contributed by atoms with Crippen molar-refractivity contribution < 1.29 is 24.5 Å². The normalized spacial score (nSPS) is 35.3. The third-order valence-electron chi connectivity index (χ3n) is 7.07. The monoisotopic (exact) mass is 390 g/mol. The van der Waals surface area contributed by atoms with Crippen LogP contribution in [0.15, 0.2) is 11.6 Å². The molecule has 0 amide bonds. The van der Waals surface area contributed by atoms with Crippen molar-refractivity contribution in [2.45, 2.75) is 82.0 Å². The van der Waals surface area contributed by atoms with Gasteiger partial charge in [-0.15, -0.1) is 0 Å². The Labute approximate surface area is 168 Å². The standard InChI is InChI=1S/C23H34O5/c1-27-22(26)10-6-9-17-15-19-18(21(25)13-14-23(17,19)28-2)11-12-20(24)16-7-4-3-5-8-16/h9,16,18-21,24-25H,3-8,10,13-15H2,1-2H3/t18-,19-,20?,21-,23+/m0/s1. The zero-order valence-corrected chi connectivity index (χ0v) is 17.2. The molecule has 28 heavy (non-hydrogen) atoms. The second kappa shape index (κ2) is 9.43. The van der Waals surface area contributed by atoms with Gasteiger partial charge in [-0.2, -0.15) is 0 Å². The van der Waals surface area contributed by atoms with Gasteiger partial charge in [-0.3, -0.25) is 4.79 Å². The van der Waals surface area contributed by atoms with Crippen molar-refractivity contribution in [1.82, 2.24) is 0 Å². The van der Waals surface area contributed by atoms with Crippen molar-refractivity contribution in [3.63, 3.8) is 0 Å². The summed E-state index contributed by atoms with van der Waals surface area (Å²) in [5.74, 6) is 6.32. The maximum absolute atomic E-state index is 11.3. The van der Waals surface area contributed by atoms with Gasteiger partial charge in [0.1, 0.15) is 6.10 Å². The lowest BCUT2D eigenvalue weighted by Crippen LogP contribution is -2.59. The fourth-order valence-electron chi connectivity index (χ4n) is 5.31. The highest BCUT2D eigenvalue weighted by atomic mass is 16.5. The van der Waals surface area contributed by atoms with E-state index >= 15 is 0 Å². The van der Waals surface area contributed by atoms with E-state index in [1.807, 2.05) is 0 Å². The fourth-order valence-corrected chi connectivity index (χ4v) is 5.31. The molecular weight excluding hydrogens is 356 g/mol. The Bertz CT molecular complexity index is 639. The summed E-state index contributed by atoms with van der Waals surface area (Å²) in [6.07, 6.45) is 9.93. The lowest BCUT2D eigenvalue weighted by Gasteiger charge is -2.57. The number of aliphatic hydroxyl groups excluding tert-OH is 2. The molecule has 0 bridgehead atoms. The quantitative estimate of drug-likeness (QED) is 0.429. The molecule has 3 aliphatic rings. The van der Waals surface area contributed by atoms with Gasteiger partial charge >= 0.3 is 5.97 Å². The molecule has 3 saturated carbocycles. The van der Waals surface area contributed by atoms with Gasteiger partial charge in [-0.05, 0) is 50.0 Å². The Morgan fingerprint density at radius 1 is 1.29 bits per heavy atom. The van der Waals surface area contributed by atoms with Crippen molar-refractivity contribution in [1.29, 1.82) is 0 Å². The highest BCUT2D eigenvalue weighted by molar-refractivity contribution is 5.69. The summed E-state index contributed by atoms with van der Waals surface area (Å²) in [6.45, 7) is 0. The molecule has 3 aliphatic carbocycles. The molecule has 0 aromatic carbocycles. The molecule has 5 atom stereocenters. The average molecular weight is 391 g/mol. The first-order valence-corrected chi connectivity index (χ1v) is 10.7. The van der Waals surface area contributed by atoms with E-state index in [2.05, 4.69) is 17.9 Å². The molecule has 2 N–H and O–H groups in total. The Hall–Kier alpha value is -1.35. The maximum Gasteiger partial charge on any atom is 0.305 e. The predicted octanol–water partition coefficient (Wildman–Crippen LogP) is 2.99. The summed E-state index contributed by atoms with van der Waals surface area (Å²) in [4.78, 5) is 11.3. The summed E-state index contributed by atoms with van der Waals surface area (Å²) in [5.41, 5.74) is 0.820. The summed E-state index contributed by atoms with van der Waals surface area (Å²) in [6, 6.07) is 0. The zero-order chi connectivity index (χ0) is 20.1. The van der Waals surface area contributed by atoms with Gasteiger partial charge in [0.25, 0.3) is 0 Å². The van der Waals surface area contributed by atoms with Crippen LogP contribution in [0.3, 0.4) is 0 Å². The summed E-state index contributed by atoms with van der Waals surface area (Å²) >= 11 is 0. The number of ether oxygens (including phenoxy) is 2. The van der Waals surface area contributed by atoms with E-state index in [1.54, 1.807) is 7.11 Å². The van der Waals surface area contributed by atoms with Crippen LogP contribution in [0.1, 0.15) is 64.2 Å². The van der Waals surface area contributed by atoms with Gasteiger partial charge in [0, 0.05) is 19.4 Å². The minimum atomic E-state index is -0.596. The number of methoxy groups -OCH3 is 2. The van der Waals surface area contributed by atoms with Crippen molar-refractivity contribution >= 4 is 5.97 Å². The molecule has 3 rings (SSSR count). The SMILES string of the molecule is COC(=O)CCC=C1C[C@H]2[C@H](C#CC(O)C3CCCCC3)[C@@H](O)CC[C@@]12OC. The maximum atomic E-state index is 11.3. The Morgan fingerprint density at radius 3 is 2.71 bits per heavy atom. The van der Waals surface area contributed by atoms with E-state index < -0.39 is 12.2 Å². The lowest BCUT2D eigenvalue weighted by molar-refractivity contribution is -0.141. The topological polar surface area (TPSA) is 76.0 Å². The van der Waals surface area contributed by atoms with E-state index in [0.717, 1.165) is 25.7 Å². The van der Waals surface area contributed by atoms with Crippen LogP contribution in [0.5, 0.6) is 0 Å². The minimum absolute atomic E-state index is 0.136. The van der Waals surface area contributed by atoms with E-state index in [0.29, 0.717) is 19.3 Å². The van der Waals surface area contributed by atoms with Gasteiger partial charge in [0.05, 0.1) is 24.7 Å². The van der Waals surface area contributed by atoms with Crippen molar-refractivity contribution in [3.05, 3.63) is 11.6 Å². The van der Waals surface area contributed by atoms with Gasteiger partial charge in [-0.25, -0.2) is 0 Å². The first-order chi connectivity index (χ1) is 13.5.